The van der Waals surface area contributed by atoms with E-state index in [2.05, 4.69) is 14.6 Å². The van der Waals surface area contributed by atoms with Gasteiger partial charge in [-0.3, -0.25) is 0 Å². The number of hydrogen-bond acceptors (Lipinski definition) is 5. The quantitative estimate of drug-likeness (QED) is 0.273. The van der Waals surface area contributed by atoms with E-state index in [9.17, 15) is 13.0 Å². The maximum absolute atomic E-state index is 10.7. The Morgan fingerprint density at radius 3 is 2.39 bits per heavy atom. The van der Waals surface area contributed by atoms with Gasteiger partial charge in [-0.15, -0.1) is 0 Å². The second kappa shape index (κ2) is 11.2. The van der Waals surface area contributed by atoms with Crippen molar-refractivity contribution in [2.75, 3.05) is 12.4 Å². The van der Waals surface area contributed by atoms with Crippen LogP contribution in [0, 0.1) is 13.1 Å². The maximum Gasteiger partial charge on any atom is 1.00 e. The van der Waals surface area contributed by atoms with Gasteiger partial charge in [0.05, 0.1) is 21.8 Å². The Hall–Kier alpha value is -1.13. The van der Waals surface area contributed by atoms with Gasteiger partial charge in [-0.25, -0.2) is 8.42 Å². The number of nitrogens with zero attached hydrogens (tertiary/aromatic N) is 3. The summed E-state index contributed by atoms with van der Waals surface area (Å²) in [4.78, 5) is 8.81. The molecule has 0 aromatic rings. The normalized spacial score (nSPS) is 22.3. The van der Waals surface area contributed by atoms with Gasteiger partial charge >= 0.3 is 35.4 Å². The van der Waals surface area contributed by atoms with Crippen molar-refractivity contribution >= 4 is 10.1 Å². The van der Waals surface area contributed by atoms with Crippen molar-refractivity contribution < 1.29 is 47.3 Å². The van der Waals surface area contributed by atoms with Crippen LogP contribution in [0.4, 0.5) is 0 Å². The molecule has 0 bridgehead atoms. The van der Waals surface area contributed by atoms with Crippen molar-refractivity contribution in [2.45, 2.75) is 58.1 Å². The minimum Gasteiger partial charge on any atom is -0.748 e. The first-order chi connectivity index (χ1) is 12.7. The van der Waals surface area contributed by atoms with E-state index < -0.39 is 15.9 Å². The molecule has 146 valence electrons. The Balaban J connectivity index is 0.00000392. The Morgan fingerprint density at radius 2 is 1.86 bits per heavy atom. The molecule has 2 rings (SSSR count). The van der Waals surface area contributed by atoms with Crippen LogP contribution in [0.5, 0.6) is 0 Å². The average Bonchev–Trinajstić information content (AvgIpc) is 2.59. The Morgan fingerprint density at radius 1 is 1.25 bits per heavy atom. The van der Waals surface area contributed by atoms with E-state index in [4.69, 9.17) is 17.9 Å². The summed E-state index contributed by atoms with van der Waals surface area (Å²) in [5.74, 6) is -0.315. The number of allylic oxidation sites excluding steroid dienone is 5. The van der Waals surface area contributed by atoms with Gasteiger partial charge in [0.15, 0.2) is 0 Å². The van der Waals surface area contributed by atoms with Crippen LogP contribution >= 0.6 is 0 Å². The molecule has 7 nitrogen and oxygen atoms in total. The molecule has 1 fully saturated rings. The minimum absolute atomic E-state index is 0. The third kappa shape index (κ3) is 7.04. The molecule has 2 atom stereocenters. The average molecular weight is 413 g/mol. The van der Waals surface area contributed by atoms with Gasteiger partial charge in [0, 0.05) is 29.8 Å². The van der Waals surface area contributed by atoms with E-state index >= 15 is 0 Å². The third-order valence-electron chi connectivity index (χ3n) is 4.81. The molecule has 0 N–H and O–H groups in total. The Kier molecular flexibility index (Phi) is 9.92. The second-order valence-electron chi connectivity index (χ2n) is 6.87. The van der Waals surface area contributed by atoms with Gasteiger partial charge in [0.1, 0.15) is 13.1 Å². The first-order valence-electron chi connectivity index (χ1n) is 8.95. The molecule has 1 aliphatic carbocycles. The van der Waals surface area contributed by atoms with Gasteiger partial charge in [0.25, 0.3) is 0 Å². The van der Waals surface area contributed by atoms with Crippen LogP contribution in [0.25, 0.3) is 9.69 Å². The standard InChI is InChI=1S/C19H25N3O4S.Na/c1-14-11-16(19(20-3)21-4)12-15(2)22(14)17-7-5-8-18(13-17)26-9-6-10-27(23,24)25;/h11-12,17-18H,5-10,13H2,1-2H3,(H,23,24,25);/q;+1/p-1. The first-order valence-corrected chi connectivity index (χ1v) is 10.5. The number of ether oxygens (including phenoxy) is 1. The summed E-state index contributed by atoms with van der Waals surface area (Å²) in [6.45, 7) is 18.5. The molecule has 1 saturated carbocycles. The summed E-state index contributed by atoms with van der Waals surface area (Å²) in [5.41, 5.74) is 2.64. The van der Waals surface area contributed by atoms with Gasteiger partial charge in [0.2, 0.25) is 0 Å². The summed E-state index contributed by atoms with van der Waals surface area (Å²) in [5, 5.41) is 0. The van der Waals surface area contributed by atoms with Crippen molar-refractivity contribution in [3.8, 4) is 0 Å². The molecule has 28 heavy (non-hydrogen) atoms. The molecule has 0 saturated heterocycles. The molecule has 0 radical (unpaired) electrons. The molecule has 2 aliphatic rings. The van der Waals surface area contributed by atoms with Gasteiger partial charge < -0.3 is 14.2 Å². The van der Waals surface area contributed by atoms with E-state index in [-0.39, 0.29) is 60.6 Å². The fourth-order valence-corrected chi connectivity index (χ4v) is 4.23. The monoisotopic (exact) mass is 413 g/mol. The summed E-state index contributed by atoms with van der Waals surface area (Å²) < 4.78 is 37.8. The van der Waals surface area contributed by atoms with Crippen molar-refractivity contribution in [1.29, 1.82) is 0 Å². The van der Waals surface area contributed by atoms with Gasteiger partial charge in [-0.1, -0.05) is 0 Å². The first kappa shape index (κ1) is 24.9. The van der Waals surface area contributed by atoms with Gasteiger partial charge in [-0.2, -0.15) is 9.69 Å². The molecule has 2 unspecified atom stereocenters. The Labute approximate surface area is 189 Å². The SMILES string of the molecule is [C-]#[N+]C([N+]#[C-])=C1C=C(C)N(C2CCCC(OCCCS(=O)(=O)[O-])C2)C(C)=C1.[Na+]. The molecule has 0 aromatic carbocycles. The third-order valence-corrected chi connectivity index (χ3v) is 5.60. The van der Waals surface area contributed by atoms with Crippen molar-refractivity contribution in [2.24, 2.45) is 0 Å². The largest absolute Gasteiger partial charge is 1.00 e. The summed E-state index contributed by atoms with van der Waals surface area (Å²) in [7, 11) is -4.19. The van der Waals surface area contributed by atoms with Crippen molar-refractivity contribution in [1.82, 2.24) is 4.90 Å². The second-order valence-corrected chi connectivity index (χ2v) is 8.40. The number of hydrogen-bond donors (Lipinski definition) is 0. The van der Waals surface area contributed by atoms with Crippen molar-refractivity contribution in [3.63, 3.8) is 0 Å². The van der Waals surface area contributed by atoms with Crippen LogP contribution in [0.1, 0.15) is 46.0 Å². The molecule has 0 aromatic heterocycles. The van der Waals surface area contributed by atoms with E-state index in [1.807, 2.05) is 26.0 Å². The zero-order chi connectivity index (χ0) is 20.0. The molecule has 1 aliphatic heterocycles. The Bertz CT molecular complexity index is 811. The minimum atomic E-state index is -4.19. The van der Waals surface area contributed by atoms with Crippen LogP contribution in [-0.2, 0) is 14.9 Å². The fraction of sp³-hybridized carbons (Fsp3) is 0.579. The van der Waals surface area contributed by atoms with E-state index in [0.717, 1.165) is 37.1 Å². The zero-order valence-corrected chi connectivity index (χ0v) is 19.5. The molecule has 9 heteroatoms. The summed E-state index contributed by atoms with van der Waals surface area (Å²) in [6, 6.07) is 0.255. The zero-order valence-electron chi connectivity index (χ0n) is 16.6. The van der Waals surface area contributed by atoms with Crippen LogP contribution in [0.3, 0.4) is 0 Å². The predicted molar refractivity (Wildman–Crippen MR) is 101 cm³/mol. The molecule has 1 heterocycles. The van der Waals surface area contributed by atoms with Crippen molar-refractivity contribution in [3.05, 3.63) is 57.8 Å². The molecular weight excluding hydrogens is 389 g/mol. The molecule has 0 amide bonds. The molecule has 0 spiro atoms. The van der Waals surface area contributed by atoms with Crippen LogP contribution in [-0.4, -0.2) is 42.4 Å². The number of rotatable bonds is 6. The van der Waals surface area contributed by atoms with E-state index in [1.165, 1.54) is 0 Å². The smallest absolute Gasteiger partial charge is 0.748 e. The summed E-state index contributed by atoms with van der Waals surface area (Å²) >= 11 is 0. The maximum atomic E-state index is 10.7. The molecular formula is C19H24N3NaO4S. The van der Waals surface area contributed by atoms with E-state index in [0.29, 0.717) is 5.57 Å². The predicted octanol–water partition coefficient (Wildman–Crippen LogP) is 0.427. The topological polar surface area (TPSA) is 78.4 Å². The fourth-order valence-electron chi connectivity index (χ4n) is 3.76. The van der Waals surface area contributed by atoms with Crippen LogP contribution in [0.2, 0.25) is 0 Å². The van der Waals surface area contributed by atoms with Gasteiger partial charge in [-0.05, 0) is 58.1 Å². The summed E-state index contributed by atoms with van der Waals surface area (Å²) in [6.07, 6.45) is 7.77. The van der Waals surface area contributed by atoms with Crippen LogP contribution < -0.4 is 29.6 Å². The van der Waals surface area contributed by atoms with Crippen LogP contribution in [0.15, 0.2) is 34.9 Å². The van der Waals surface area contributed by atoms with E-state index in [1.54, 1.807) is 0 Å².